The average molecular weight is 585 g/mol. The zero-order valence-electron chi connectivity index (χ0n) is 26.1. The summed E-state index contributed by atoms with van der Waals surface area (Å²) < 4.78 is 27.2. The highest BCUT2D eigenvalue weighted by atomic mass is 35.5. The number of rotatable bonds is 18. The summed E-state index contributed by atoms with van der Waals surface area (Å²) in [6.45, 7) is 14.9. The summed E-state index contributed by atoms with van der Waals surface area (Å²) in [5, 5.41) is -0.574. The fourth-order valence-electron chi connectivity index (χ4n) is 4.51. The van der Waals surface area contributed by atoms with E-state index < -0.39 is 15.1 Å². The molecule has 0 amide bonds. The third-order valence-corrected chi connectivity index (χ3v) is 9.26. The van der Waals surface area contributed by atoms with Gasteiger partial charge in [0.25, 0.3) is 0 Å². The molecule has 0 saturated heterocycles. The average Bonchev–Trinajstić information content (AvgIpc) is 2.88. The van der Waals surface area contributed by atoms with Crippen molar-refractivity contribution in [1.29, 1.82) is 0 Å². The summed E-state index contributed by atoms with van der Waals surface area (Å²) in [4.78, 5) is 0.387. The molecule has 4 heteroatoms. The van der Waals surface area contributed by atoms with Crippen molar-refractivity contribution in [3.63, 3.8) is 0 Å². The van der Waals surface area contributed by atoms with Crippen molar-refractivity contribution in [1.82, 2.24) is 0 Å². The molecule has 1 unspecified atom stereocenters. The molecular weight excluding hydrogens is 532 g/mol. The van der Waals surface area contributed by atoms with Gasteiger partial charge in [-0.15, -0.1) is 11.6 Å². The topological polar surface area (TPSA) is 34.1 Å². The fraction of sp³-hybridized carbons (Fsp3) is 0.500. The van der Waals surface area contributed by atoms with Crippen LogP contribution in [-0.4, -0.2) is 19.5 Å². The molecule has 222 valence electrons. The predicted molar refractivity (Wildman–Crippen MR) is 178 cm³/mol. The van der Waals surface area contributed by atoms with Crippen LogP contribution in [0.5, 0.6) is 0 Å². The number of allylic oxidation sites excluding steroid dienone is 11. The van der Waals surface area contributed by atoms with E-state index in [2.05, 4.69) is 65.8 Å². The first kappa shape index (κ1) is 35.9. The first-order valence-electron chi connectivity index (χ1n) is 14.7. The zero-order chi connectivity index (χ0) is 30.0. The normalized spacial score (nSPS) is 14.8. The van der Waals surface area contributed by atoms with E-state index in [9.17, 15) is 8.42 Å². The van der Waals surface area contributed by atoms with E-state index in [0.717, 1.165) is 62.5 Å². The van der Waals surface area contributed by atoms with Gasteiger partial charge in [0, 0.05) is 5.88 Å². The molecule has 1 rings (SSSR count). The third-order valence-electron chi connectivity index (χ3n) is 7.08. The number of sulfone groups is 1. The largest absolute Gasteiger partial charge is 0.223 e. The van der Waals surface area contributed by atoms with Gasteiger partial charge in [0.05, 0.1) is 10.1 Å². The Morgan fingerprint density at radius 3 is 1.60 bits per heavy atom. The van der Waals surface area contributed by atoms with Crippen LogP contribution in [-0.2, 0) is 9.84 Å². The van der Waals surface area contributed by atoms with Gasteiger partial charge in [-0.25, -0.2) is 8.42 Å². The summed E-state index contributed by atoms with van der Waals surface area (Å²) in [5.74, 6) is 0.526. The Bertz CT molecular complexity index is 1170. The minimum absolute atomic E-state index is 0.387. The van der Waals surface area contributed by atoms with Crippen molar-refractivity contribution in [2.24, 2.45) is 0 Å². The standard InChI is InChI=1S/C36H53ClO2S/c1-29(2)15-11-16-30(3)17-12-18-31(4)19-13-21-33(6)27-36(40(38,39)35-23-9-8-10-24-35)28-34(7)22-14-20-32(5)25-26-37/h8-10,15,17,19,22-25,27,36H,11-14,16,18,20-21,26,28H2,1-7H3/b30-17+,31-19+,32-25+,33-27+,34-22+. The number of halogens is 1. The van der Waals surface area contributed by atoms with E-state index in [4.69, 9.17) is 11.6 Å². The second kappa shape index (κ2) is 19.9. The molecule has 0 radical (unpaired) electrons. The predicted octanol–water partition coefficient (Wildman–Crippen LogP) is 11.3. The molecule has 1 aromatic rings. The Labute approximate surface area is 251 Å². The van der Waals surface area contributed by atoms with Gasteiger partial charge in [-0.05, 0) is 118 Å². The van der Waals surface area contributed by atoms with E-state index in [1.807, 2.05) is 25.1 Å². The lowest BCUT2D eigenvalue weighted by atomic mass is 10.0. The van der Waals surface area contributed by atoms with E-state index in [1.165, 1.54) is 22.3 Å². The van der Waals surface area contributed by atoms with Gasteiger partial charge in [-0.3, -0.25) is 0 Å². The molecule has 40 heavy (non-hydrogen) atoms. The van der Waals surface area contributed by atoms with E-state index >= 15 is 0 Å². The Hall–Kier alpha value is -2.10. The van der Waals surface area contributed by atoms with Crippen LogP contribution in [0.1, 0.15) is 106 Å². The fourth-order valence-corrected chi connectivity index (χ4v) is 6.55. The van der Waals surface area contributed by atoms with Gasteiger partial charge < -0.3 is 0 Å². The lowest BCUT2D eigenvalue weighted by Crippen LogP contribution is -2.20. The van der Waals surface area contributed by atoms with Crippen molar-refractivity contribution in [2.75, 3.05) is 5.88 Å². The summed E-state index contributed by atoms with van der Waals surface area (Å²) in [6, 6.07) is 8.85. The molecule has 2 nitrogen and oxygen atoms in total. The van der Waals surface area contributed by atoms with Crippen molar-refractivity contribution in [2.45, 2.75) is 116 Å². The Morgan fingerprint density at radius 2 is 1.10 bits per heavy atom. The second-order valence-electron chi connectivity index (χ2n) is 11.4. The maximum Gasteiger partial charge on any atom is 0.185 e. The maximum atomic E-state index is 13.6. The summed E-state index contributed by atoms with van der Waals surface area (Å²) >= 11 is 5.80. The Morgan fingerprint density at radius 1 is 0.650 bits per heavy atom. The third kappa shape index (κ3) is 15.6. The van der Waals surface area contributed by atoms with Crippen LogP contribution in [0.15, 0.2) is 105 Å². The van der Waals surface area contributed by atoms with Gasteiger partial charge in [0.15, 0.2) is 9.84 Å². The van der Waals surface area contributed by atoms with E-state index in [1.54, 1.807) is 24.3 Å². The first-order chi connectivity index (χ1) is 18.9. The van der Waals surface area contributed by atoms with Crippen LogP contribution in [0.4, 0.5) is 0 Å². The first-order valence-corrected chi connectivity index (χ1v) is 16.8. The smallest absolute Gasteiger partial charge is 0.185 e. The van der Waals surface area contributed by atoms with E-state index in [0.29, 0.717) is 17.2 Å². The molecule has 0 saturated carbocycles. The van der Waals surface area contributed by atoms with E-state index in [-0.39, 0.29) is 0 Å². The minimum atomic E-state index is -3.49. The Balaban J connectivity index is 2.86. The lowest BCUT2D eigenvalue weighted by molar-refractivity contribution is 0.586. The van der Waals surface area contributed by atoms with Crippen LogP contribution >= 0.6 is 11.6 Å². The van der Waals surface area contributed by atoms with Crippen LogP contribution in [0, 0.1) is 0 Å². The molecule has 0 aliphatic rings. The van der Waals surface area contributed by atoms with Gasteiger partial charge >= 0.3 is 0 Å². The van der Waals surface area contributed by atoms with Gasteiger partial charge in [0.2, 0.25) is 0 Å². The number of alkyl halides is 1. The zero-order valence-corrected chi connectivity index (χ0v) is 27.7. The van der Waals surface area contributed by atoms with Gasteiger partial charge in [-0.2, -0.15) is 0 Å². The molecule has 0 N–H and O–H groups in total. The van der Waals surface area contributed by atoms with Crippen molar-refractivity contribution >= 4 is 21.4 Å². The van der Waals surface area contributed by atoms with Crippen LogP contribution in [0.3, 0.4) is 0 Å². The molecule has 0 aromatic heterocycles. The quantitative estimate of drug-likeness (QED) is 0.127. The maximum absolute atomic E-state index is 13.6. The molecule has 0 heterocycles. The summed E-state index contributed by atoms with van der Waals surface area (Å²) in [6.07, 6.45) is 21.7. The van der Waals surface area contributed by atoms with Crippen LogP contribution in [0.2, 0.25) is 0 Å². The molecule has 0 fully saturated rings. The SMILES string of the molecule is CC(C)=CCC/C(C)=C/CC/C(C)=C/CC/C(C)=C/C(C/C(C)=C/CC/C(C)=C/CCl)S(=O)(=O)c1ccccc1. The van der Waals surface area contributed by atoms with Crippen LogP contribution in [0.25, 0.3) is 0 Å². The monoisotopic (exact) mass is 584 g/mol. The molecular formula is C36H53ClO2S. The molecule has 0 bridgehead atoms. The molecule has 1 atom stereocenters. The molecule has 0 aliphatic carbocycles. The number of hydrogen-bond donors (Lipinski definition) is 0. The Kier molecular flexibility index (Phi) is 17.9. The van der Waals surface area contributed by atoms with Crippen LogP contribution < -0.4 is 0 Å². The minimum Gasteiger partial charge on any atom is -0.223 e. The van der Waals surface area contributed by atoms with Gasteiger partial charge in [-0.1, -0.05) is 88.1 Å². The highest BCUT2D eigenvalue weighted by Gasteiger charge is 2.25. The van der Waals surface area contributed by atoms with Gasteiger partial charge in [0.1, 0.15) is 0 Å². The molecule has 0 aliphatic heterocycles. The molecule has 0 spiro atoms. The van der Waals surface area contributed by atoms with Crippen molar-refractivity contribution in [3.8, 4) is 0 Å². The number of hydrogen-bond acceptors (Lipinski definition) is 2. The number of benzene rings is 1. The highest BCUT2D eigenvalue weighted by molar-refractivity contribution is 7.92. The summed E-state index contributed by atoms with van der Waals surface area (Å²) in [5.41, 5.74) is 7.72. The van der Waals surface area contributed by atoms with Crippen molar-refractivity contribution < 1.29 is 8.42 Å². The molecule has 1 aromatic carbocycles. The highest BCUT2D eigenvalue weighted by Crippen LogP contribution is 2.25. The van der Waals surface area contributed by atoms with Crippen molar-refractivity contribution in [3.05, 3.63) is 100 Å². The second-order valence-corrected chi connectivity index (χ2v) is 13.9. The lowest BCUT2D eigenvalue weighted by Gasteiger charge is -2.16. The summed E-state index contributed by atoms with van der Waals surface area (Å²) in [7, 11) is -3.49.